The topological polar surface area (TPSA) is 30.5 Å². The first-order chi connectivity index (χ1) is 15.9. The summed E-state index contributed by atoms with van der Waals surface area (Å²) in [6.07, 6.45) is 0.594. The van der Waals surface area contributed by atoms with Crippen LogP contribution in [0.1, 0.15) is 31.4 Å². The van der Waals surface area contributed by atoms with Crippen LogP contribution < -0.4 is 10.1 Å². The van der Waals surface area contributed by atoms with Gasteiger partial charge >= 0.3 is 6.18 Å². The molecule has 6 heteroatoms. The predicted octanol–water partition coefficient (Wildman–Crippen LogP) is 7.22. The zero-order valence-corrected chi connectivity index (χ0v) is 19.6. The largest absolute Gasteiger partial charge is 0.496 e. The highest BCUT2D eigenvalue weighted by Gasteiger charge is 2.32. The van der Waals surface area contributed by atoms with Crippen LogP contribution in [0.25, 0.3) is 5.57 Å². The molecule has 0 heterocycles. The van der Waals surface area contributed by atoms with Crippen molar-refractivity contribution in [1.82, 2.24) is 0 Å². The van der Waals surface area contributed by atoms with Crippen LogP contribution in [0.15, 0.2) is 77.9 Å². The number of hydrogen-bond donors (Lipinski definition) is 1. The molecule has 1 aliphatic rings. The Balaban J connectivity index is 0.00000187. The first-order valence-corrected chi connectivity index (χ1v) is 11.0. The van der Waals surface area contributed by atoms with Gasteiger partial charge in [-0.15, -0.1) is 0 Å². The van der Waals surface area contributed by atoms with Gasteiger partial charge in [0.25, 0.3) is 0 Å². The fourth-order valence-corrected chi connectivity index (χ4v) is 3.44. The lowest BCUT2D eigenvalue weighted by Crippen LogP contribution is -2.12. The Bertz CT molecular complexity index is 977. The molecular weight excluding hydrogens is 427 g/mol. The van der Waals surface area contributed by atoms with Crippen molar-refractivity contribution < 1.29 is 22.6 Å². The highest BCUT2D eigenvalue weighted by molar-refractivity contribution is 5.75. The average molecular weight is 460 g/mol. The van der Waals surface area contributed by atoms with Crippen LogP contribution in [0.3, 0.4) is 0 Å². The molecule has 33 heavy (non-hydrogen) atoms. The molecule has 0 saturated heterocycles. The van der Waals surface area contributed by atoms with Gasteiger partial charge < -0.3 is 14.8 Å². The third kappa shape index (κ3) is 7.82. The summed E-state index contributed by atoms with van der Waals surface area (Å²) in [4.78, 5) is 0. The Morgan fingerprint density at radius 3 is 2.33 bits per heavy atom. The summed E-state index contributed by atoms with van der Waals surface area (Å²) in [5.74, 6) is 0.631. The first kappa shape index (κ1) is 26.3. The van der Waals surface area contributed by atoms with Crippen molar-refractivity contribution in [2.24, 2.45) is 0 Å². The van der Waals surface area contributed by atoms with Crippen LogP contribution >= 0.6 is 0 Å². The average Bonchev–Trinajstić information content (AvgIpc) is 3.06. The van der Waals surface area contributed by atoms with Crippen molar-refractivity contribution in [3.63, 3.8) is 0 Å². The van der Waals surface area contributed by atoms with Gasteiger partial charge in [0, 0.05) is 24.9 Å². The minimum Gasteiger partial charge on any atom is -0.496 e. The molecular formula is C27H32F3NO2. The van der Waals surface area contributed by atoms with E-state index < -0.39 is 11.7 Å². The Kier molecular flexibility index (Phi) is 10.3. The zero-order valence-electron chi connectivity index (χ0n) is 19.6. The Labute approximate surface area is 194 Å². The van der Waals surface area contributed by atoms with E-state index in [0.29, 0.717) is 37.3 Å². The molecule has 178 valence electrons. The predicted molar refractivity (Wildman–Crippen MR) is 130 cm³/mol. The molecule has 0 bridgehead atoms. The summed E-state index contributed by atoms with van der Waals surface area (Å²) in [5, 5.41) is 3.22. The normalized spacial score (nSPS) is 13.6. The second kappa shape index (κ2) is 12.9. The van der Waals surface area contributed by atoms with Crippen molar-refractivity contribution in [1.29, 1.82) is 0 Å². The monoisotopic (exact) mass is 459 g/mol. The minimum absolute atomic E-state index is 0.306. The Hall–Kier alpha value is -2.99. The molecule has 0 atom stereocenters. The van der Waals surface area contributed by atoms with Crippen molar-refractivity contribution in [2.45, 2.75) is 32.9 Å². The molecule has 1 N–H and O–H groups in total. The van der Waals surface area contributed by atoms with E-state index in [4.69, 9.17) is 9.47 Å². The van der Waals surface area contributed by atoms with Gasteiger partial charge in [0.15, 0.2) is 0 Å². The molecule has 0 aromatic heterocycles. The number of ether oxygens (including phenoxy) is 2. The third-order valence-electron chi connectivity index (χ3n) is 5.07. The lowest BCUT2D eigenvalue weighted by molar-refractivity contribution is -0.0882. The van der Waals surface area contributed by atoms with Crippen LogP contribution in [-0.2, 0) is 11.2 Å². The summed E-state index contributed by atoms with van der Waals surface area (Å²) < 4.78 is 51.3. The van der Waals surface area contributed by atoms with E-state index in [0.717, 1.165) is 28.5 Å². The lowest BCUT2D eigenvalue weighted by Gasteiger charge is -2.16. The number of halogens is 3. The summed E-state index contributed by atoms with van der Waals surface area (Å²) in [6.45, 7) is 4.87. The number of benzene rings is 2. The molecule has 2 aromatic carbocycles. The smallest absolute Gasteiger partial charge is 0.416 e. The maximum Gasteiger partial charge on any atom is 0.416 e. The minimum atomic E-state index is -4.42. The molecule has 0 aliphatic heterocycles. The number of nitrogens with one attached hydrogen (secondary N) is 1. The quantitative estimate of drug-likeness (QED) is 0.452. The van der Waals surface area contributed by atoms with Gasteiger partial charge in [-0.05, 0) is 66.0 Å². The molecule has 0 fully saturated rings. The fourth-order valence-electron chi connectivity index (χ4n) is 3.44. The van der Waals surface area contributed by atoms with Gasteiger partial charge in [0.2, 0.25) is 0 Å². The summed E-state index contributed by atoms with van der Waals surface area (Å²) in [5.41, 5.74) is 3.44. The van der Waals surface area contributed by atoms with E-state index in [-0.39, 0.29) is 0 Å². The summed E-state index contributed by atoms with van der Waals surface area (Å²) in [7, 11) is 3.20. The van der Waals surface area contributed by atoms with Crippen molar-refractivity contribution in [2.75, 3.05) is 32.7 Å². The van der Waals surface area contributed by atoms with Crippen molar-refractivity contribution in [3.05, 3.63) is 89.0 Å². The van der Waals surface area contributed by atoms with Gasteiger partial charge in [-0.25, -0.2) is 0 Å². The molecule has 2 aromatic rings. The van der Waals surface area contributed by atoms with Gasteiger partial charge in [0.05, 0.1) is 19.3 Å². The first-order valence-electron chi connectivity index (χ1n) is 11.0. The van der Waals surface area contributed by atoms with E-state index in [1.165, 1.54) is 6.08 Å². The summed E-state index contributed by atoms with van der Waals surface area (Å²) >= 11 is 0. The van der Waals surface area contributed by atoms with Crippen LogP contribution in [0.2, 0.25) is 0 Å². The number of allylic oxidation sites excluding steroid dienone is 5. The van der Waals surface area contributed by atoms with Gasteiger partial charge in [-0.2, -0.15) is 13.2 Å². The molecule has 0 radical (unpaired) electrons. The van der Waals surface area contributed by atoms with E-state index >= 15 is 0 Å². The Morgan fingerprint density at radius 2 is 1.70 bits per heavy atom. The van der Waals surface area contributed by atoms with Gasteiger partial charge in [0.1, 0.15) is 5.75 Å². The lowest BCUT2D eigenvalue weighted by atomic mass is 9.95. The second-order valence-corrected chi connectivity index (χ2v) is 7.29. The number of alkyl halides is 3. The van der Waals surface area contributed by atoms with Crippen molar-refractivity contribution >= 4 is 11.3 Å². The standard InChI is InChI=1S/C25H26F3NO2.C2H6/c1-30-13-12-18-8-11-24(31-2)23(16-18)20-9-10-21(25(26,27)28)15-19(14-20)17-29-22-6-4-3-5-7-22;1-2/h3-11,15-16,29H,12-14,17H2,1-2H3;1-2H3. The molecule has 1 aliphatic carbocycles. The van der Waals surface area contributed by atoms with Crippen molar-refractivity contribution in [3.8, 4) is 5.75 Å². The van der Waals surface area contributed by atoms with E-state index in [2.05, 4.69) is 5.32 Å². The highest BCUT2D eigenvalue weighted by Crippen LogP contribution is 2.36. The molecule has 3 rings (SSSR count). The molecule has 0 saturated carbocycles. The van der Waals surface area contributed by atoms with Crippen LogP contribution in [0.4, 0.5) is 18.9 Å². The van der Waals surface area contributed by atoms with Gasteiger partial charge in [-0.1, -0.05) is 44.2 Å². The number of methoxy groups -OCH3 is 2. The molecule has 0 amide bonds. The Morgan fingerprint density at radius 1 is 0.970 bits per heavy atom. The van der Waals surface area contributed by atoms with Gasteiger partial charge in [-0.3, -0.25) is 0 Å². The number of rotatable bonds is 8. The zero-order chi connectivity index (χ0) is 24.3. The number of para-hydroxylation sites is 1. The van der Waals surface area contributed by atoms with Crippen LogP contribution in [0, 0.1) is 0 Å². The maximum absolute atomic E-state index is 13.5. The highest BCUT2D eigenvalue weighted by atomic mass is 19.4. The van der Waals surface area contributed by atoms with E-state index in [1.54, 1.807) is 20.3 Å². The molecule has 0 unspecified atom stereocenters. The fraction of sp³-hybridized carbons (Fsp3) is 0.333. The van der Waals surface area contributed by atoms with Crippen LogP contribution in [0.5, 0.6) is 5.75 Å². The molecule has 0 spiro atoms. The number of hydrogen-bond acceptors (Lipinski definition) is 3. The SMILES string of the molecule is CC.COCCc1ccc(OC)c(C2=CC=C(C(F)(F)F)C=C(CNc3ccccc3)C2)c1. The van der Waals surface area contributed by atoms with E-state index in [9.17, 15) is 13.2 Å². The van der Waals surface area contributed by atoms with E-state index in [1.807, 2.05) is 62.4 Å². The third-order valence-corrected chi connectivity index (χ3v) is 5.07. The maximum atomic E-state index is 13.5. The van der Waals surface area contributed by atoms with Crippen LogP contribution in [-0.4, -0.2) is 33.5 Å². The number of anilines is 1. The summed E-state index contributed by atoms with van der Waals surface area (Å²) in [6, 6.07) is 15.2. The molecule has 3 nitrogen and oxygen atoms in total. The second-order valence-electron chi connectivity index (χ2n) is 7.29.